The number of amides is 1. The van der Waals surface area contributed by atoms with E-state index < -0.39 is 26.0 Å². The first-order valence-electron chi connectivity index (χ1n) is 9.92. The van der Waals surface area contributed by atoms with Gasteiger partial charge < -0.3 is 5.32 Å². The molecule has 0 heterocycles. The van der Waals surface area contributed by atoms with Gasteiger partial charge in [0.05, 0.1) is 15.5 Å². The van der Waals surface area contributed by atoms with Crippen molar-refractivity contribution in [3.63, 3.8) is 0 Å². The highest BCUT2D eigenvalue weighted by atomic mass is 32.2. The molecule has 0 radical (unpaired) electrons. The van der Waals surface area contributed by atoms with E-state index in [9.17, 15) is 21.6 Å². The summed E-state index contributed by atoms with van der Waals surface area (Å²) in [5.41, 5.74) is 3.16. The highest BCUT2D eigenvalue weighted by molar-refractivity contribution is 7.92. The maximum Gasteiger partial charge on any atom is 0.264 e. The minimum Gasteiger partial charge on any atom is -0.322 e. The number of sulfonamides is 2. The number of carbonyl (C=O) groups excluding carboxylic acids is 1. The largest absolute Gasteiger partial charge is 0.322 e. The summed E-state index contributed by atoms with van der Waals surface area (Å²) in [7, 11) is -6.44. The molecule has 3 N–H and O–H groups in total. The topological polar surface area (TPSA) is 127 Å². The maximum absolute atomic E-state index is 13.1. The Bertz CT molecular complexity index is 1430. The molecule has 0 spiro atoms. The highest BCUT2D eigenvalue weighted by Crippen LogP contribution is 2.26. The van der Waals surface area contributed by atoms with E-state index in [1.165, 1.54) is 43.4 Å². The van der Waals surface area contributed by atoms with Crippen LogP contribution in [0.3, 0.4) is 0 Å². The molecule has 0 atom stereocenters. The molecule has 3 rings (SSSR count). The second-order valence-corrected chi connectivity index (χ2v) is 11.3. The Hall–Kier alpha value is -3.21. The molecule has 33 heavy (non-hydrogen) atoms. The molecule has 8 nitrogen and oxygen atoms in total. The predicted octanol–water partition coefficient (Wildman–Crippen LogP) is 3.34. The quantitative estimate of drug-likeness (QED) is 0.551. The molecule has 0 aliphatic rings. The fourth-order valence-corrected chi connectivity index (χ4v) is 5.03. The molecule has 0 aliphatic heterocycles. The molecular formula is C23H25N3O5S2. The van der Waals surface area contributed by atoms with Crippen LogP contribution >= 0.6 is 0 Å². The summed E-state index contributed by atoms with van der Waals surface area (Å²) >= 11 is 0. The van der Waals surface area contributed by atoms with Gasteiger partial charge in [0, 0.05) is 18.3 Å². The van der Waals surface area contributed by atoms with Crippen LogP contribution in [-0.2, 0) is 20.0 Å². The van der Waals surface area contributed by atoms with E-state index in [-0.39, 0.29) is 21.0 Å². The Morgan fingerprint density at radius 3 is 2.12 bits per heavy atom. The lowest BCUT2D eigenvalue weighted by atomic mass is 10.1. The summed E-state index contributed by atoms with van der Waals surface area (Å²) in [4.78, 5) is 12.7. The third-order valence-electron chi connectivity index (χ3n) is 5.37. The van der Waals surface area contributed by atoms with Crippen LogP contribution in [0, 0.1) is 20.8 Å². The average Bonchev–Trinajstić information content (AvgIpc) is 2.76. The molecule has 3 aromatic carbocycles. The van der Waals surface area contributed by atoms with Crippen molar-refractivity contribution in [1.82, 2.24) is 0 Å². The number of hydrogen-bond donors (Lipinski definition) is 2. The summed E-state index contributed by atoms with van der Waals surface area (Å²) in [5.74, 6) is -0.584. The van der Waals surface area contributed by atoms with Gasteiger partial charge in [0.15, 0.2) is 0 Å². The fourth-order valence-electron chi connectivity index (χ4n) is 3.16. The number of rotatable bonds is 6. The van der Waals surface area contributed by atoms with Crippen LogP contribution in [0.2, 0.25) is 0 Å². The van der Waals surface area contributed by atoms with Crippen LogP contribution in [0.15, 0.2) is 70.5 Å². The van der Waals surface area contributed by atoms with Crippen molar-refractivity contribution in [3.8, 4) is 0 Å². The van der Waals surface area contributed by atoms with Crippen molar-refractivity contribution >= 4 is 37.3 Å². The Kier molecular flexibility index (Phi) is 6.64. The summed E-state index contributed by atoms with van der Waals surface area (Å²) in [5, 5.41) is 7.89. The number of nitrogens with zero attached hydrogens (tertiary/aromatic N) is 1. The summed E-state index contributed by atoms with van der Waals surface area (Å²) < 4.78 is 50.9. The van der Waals surface area contributed by atoms with Gasteiger partial charge in [-0.3, -0.25) is 9.10 Å². The molecule has 0 aliphatic carbocycles. The van der Waals surface area contributed by atoms with E-state index in [0.29, 0.717) is 16.8 Å². The summed E-state index contributed by atoms with van der Waals surface area (Å²) in [6.45, 7) is 5.34. The molecule has 0 bridgehead atoms. The lowest BCUT2D eigenvalue weighted by Gasteiger charge is -2.20. The fraction of sp³-hybridized carbons (Fsp3) is 0.174. The van der Waals surface area contributed by atoms with Crippen molar-refractivity contribution in [2.24, 2.45) is 5.14 Å². The minimum absolute atomic E-state index is 0.0515. The van der Waals surface area contributed by atoms with Gasteiger partial charge in [0.25, 0.3) is 15.9 Å². The number of benzene rings is 3. The van der Waals surface area contributed by atoms with Crippen LogP contribution in [0.25, 0.3) is 0 Å². The molecule has 0 saturated heterocycles. The zero-order chi connectivity index (χ0) is 24.6. The first-order valence-corrected chi connectivity index (χ1v) is 12.9. The third kappa shape index (κ3) is 5.24. The van der Waals surface area contributed by atoms with Crippen molar-refractivity contribution < 1.29 is 21.6 Å². The molecule has 0 saturated carbocycles. The first kappa shape index (κ1) is 24.4. The molecule has 3 aromatic rings. The minimum atomic E-state index is -3.97. The van der Waals surface area contributed by atoms with Crippen molar-refractivity contribution in [3.05, 3.63) is 82.9 Å². The zero-order valence-corrected chi connectivity index (χ0v) is 20.3. The van der Waals surface area contributed by atoms with Gasteiger partial charge in [-0.25, -0.2) is 22.0 Å². The SMILES string of the molecule is Cc1ccc(N(C)S(=O)(=O)c2cccc(C(=O)Nc3cc(S(N)(=O)=O)cc(C)c3C)c2)cc1. The van der Waals surface area contributed by atoms with E-state index in [4.69, 9.17) is 5.14 Å². The predicted molar refractivity (Wildman–Crippen MR) is 128 cm³/mol. The second kappa shape index (κ2) is 8.97. The lowest BCUT2D eigenvalue weighted by Crippen LogP contribution is -2.27. The van der Waals surface area contributed by atoms with Crippen LogP contribution < -0.4 is 14.8 Å². The number of nitrogens with two attached hydrogens (primary N) is 1. The van der Waals surface area contributed by atoms with E-state index in [2.05, 4.69) is 5.32 Å². The van der Waals surface area contributed by atoms with Crippen molar-refractivity contribution in [1.29, 1.82) is 0 Å². The molecule has 0 fully saturated rings. The van der Waals surface area contributed by atoms with Crippen LogP contribution in [0.1, 0.15) is 27.0 Å². The zero-order valence-electron chi connectivity index (χ0n) is 18.7. The van der Waals surface area contributed by atoms with Gasteiger partial charge in [0.2, 0.25) is 10.0 Å². The van der Waals surface area contributed by atoms with Crippen LogP contribution in [0.4, 0.5) is 11.4 Å². The third-order valence-corrected chi connectivity index (χ3v) is 8.04. The van der Waals surface area contributed by atoms with Gasteiger partial charge in [-0.15, -0.1) is 0 Å². The molecule has 174 valence electrons. The smallest absolute Gasteiger partial charge is 0.264 e. The maximum atomic E-state index is 13.1. The van der Waals surface area contributed by atoms with Crippen LogP contribution in [0.5, 0.6) is 0 Å². The van der Waals surface area contributed by atoms with Crippen LogP contribution in [-0.4, -0.2) is 29.8 Å². The van der Waals surface area contributed by atoms with E-state index in [0.717, 1.165) is 9.87 Å². The van der Waals surface area contributed by atoms with E-state index in [1.807, 2.05) is 19.1 Å². The standard InChI is InChI=1S/C23H25N3O5S2/c1-15-8-10-19(11-9-15)26(4)33(30,31)20-7-5-6-18(13-20)23(27)25-22-14-21(32(24,28)29)12-16(2)17(22)3/h5-14H,1-4H3,(H,25,27)(H2,24,28,29). The van der Waals surface area contributed by atoms with Gasteiger partial charge in [-0.05, 0) is 74.4 Å². The molecule has 1 amide bonds. The Morgan fingerprint density at radius 2 is 1.52 bits per heavy atom. The number of nitrogens with one attached hydrogen (secondary N) is 1. The molecule has 10 heteroatoms. The number of hydrogen-bond acceptors (Lipinski definition) is 5. The first-order chi connectivity index (χ1) is 15.3. The van der Waals surface area contributed by atoms with Crippen molar-refractivity contribution in [2.45, 2.75) is 30.6 Å². The normalized spacial score (nSPS) is 11.8. The number of aryl methyl sites for hydroxylation is 2. The van der Waals surface area contributed by atoms with Gasteiger partial charge >= 0.3 is 0 Å². The Labute approximate surface area is 194 Å². The van der Waals surface area contributed by atoms with Gasteiger partial charge in [-0.2, -0.15) is 0 Å². The monoisotopic (exact) mass is 487 g/mol. The molecular weight excluding hydrogens is 462 g/mol. The Balaban J connectivity index is 1.93. The summed E-state index contributed by atoms with van der Waals surface area (Å²) in [6, 6.07) is 15.4. The van der Waals surface area contributed by atoms with E-state index >= 15 is 0 Å². The molecule has 0 aromatic heterocycles. The summed E-state index contributed by atoms with van der Waals surface area (Å²) in [6.07, 6.45) is 0. The van der Waals surface area contributed by atoms with Gasteiger partial charge in [-0.1, -0.05) is 23.8 Å². The average molecular weight is 488 g/mol. The number of carbonyl (C=O) groups is 1. The van der Waals surface area contributed by atoms with Gasteiger partial charge in [0.1, 0.15) is 0 Å². The highest BCUT2D eigenvalue weighted by Gasteiger charge is 2.23. The van der Waals surface area contributed by atoms with Crippen molar-refractivity contribution in [2.75, 3.05) is 16.7 Å². The van der Waals surface area contributed by atoms with E-state index in [1.54, 1.807) is 26.0 Å². The lowest BCUT2D eigenvalue weighted by molar-refractivity contribution is 0.102. The number of primary sulfonamides is 1. The number of anilines is 2. The Morgan fingerprint density at radius 1 is 0.879 bits per heavy atom. The molecule has 0 unspecified atom stereocenters. The second-order valence-electron chi connectivity index (χ2n) is 7.75.